The summed E-state index contributed by atoms with van der Waals surface area (Å²) in [6.07, 6.45) is 0. The van der Waals surface area contributed by atoms with Gasteiger partial charge in [0.05, 0.1) is 6.54 Å². The number of carbonyl (C=O) groups is 3. The van der Waals surface area contributed by atoms with Crippen LogP contribution in [0.3, 0.4) is 0 Å². The van der Waals surface area contributed by atoms with Gasteiger partial charge in [-0.15, -0.1) is 0 Å². The highest BCUT2D eigenvalue weighted by atomic mass is 16.2. The van der Waals surface area contributed by atoms with E-state index in [-0.39, 0.29) is 18.4 Å². The molecule has 1 atom stereocenters. The molecule has 1 saturated heterocycles. The van der Waals surface area contributed by atoms with Crippen LogP contribution in [0, 0.1) is 0 Å². The molecule has 2 amide bonds. The van der Waals surface area contributed by atoms with E-state index in [2.05, 4.69) is 5.32 Å². The second-order valence-corrected chi connectivity index (χ2v) is 3.19. The number of hydrogen-bond acceptors (Lipinski definition) is 3. The molecule has 0 aromatic rings. The van der Waals surface area contributed by atoms with Gasteiger partial charge < -0.3 is 10.2 Å². The molecule has 1 unspecified atom stereocenters. The topological polar surface area (TPSA) is 66.5 Å². The molecule has 5 heteroatoms. The third-order valence-corrected chi connectivity index (χ3v) is 1.94. The van der Waals surface area contributed by atoms with Crippen LogP contribution in [-0.4, -0.2) is 41.6 Å². The van der Waals surface area contributed by atoms with E-state index in [1.165, 1.54) is 11.8 Å². The third kappa shape index (κ3) is 2.05. The normalized spacial score (nSPS) is 22.9. The van der Waals surface area contributed by atoms with E-state index in [4.69, 9.17) is 0 Å². The van der Waals surface area contributed by atoms with Gasteiger partial charge in [0.1, 0.15) is 5.78 Å². The molecule has 1 heterocycles. The van der Waals surface area contributed by atoms with Gasteiger partial charge in [0, 0.05) is 12.6 Å². The number of amides is 2. The van der Waals surface area contributed by atoms with E-state index in [0.29, 0.717) is 6.54 Å². The van der Waals surface area contributed by atoms with E-state index < -0.39 is 11.8 Å². The van der Waals surface area contributed by atoms with Crippen LogP contribution >= 0.6 is 0 Å². The monoisotopic (exact) mass is 184 g/mol. The van der Waals surface area contributed by atoms with Crippen molar-refractivity contribution in [3.63, 3.8) is 0 Å². The van der Waals surface area contributed by atoms with Gasteiger partial charge in [0.25, 0.3) is 0 Å². The van der Waals surface area contributed by atoms with Crippen LogP contribution in [0.15, 0.2) is 0 Å². The molecule has 72 valence electrons. The van der Waals surface area contributed by atoms with Gasteiger partial charge in [-0.25, -0.2) is 0 Å². The zero-order valence-corrected chi connectivity index (χ0v) is 7.66. The third-order valence-electron chi connectivity index (χ3n) is 1.94. The van der Waals surface area contributed by atoms with Crippen molar-refractivity contribution < 1.29 is 14.4 Å². The molecule has 1 N–H and O–H groups in total. The van der Waals surface area contributed by atoms with Crippen molar-refractivity contribution in [2.24, 2.45) is 0 Å². The number of piperazine rings is 1. The SMILES string of the molecule is CC(=O)CN1C(=O)C(=O)NCC1C. The van der Waals surface area contributed by atoms with Gasteiger partial charge in [0.15, 0.2) is 0 Å². The Labute approximate surface area is 76.1 Å². The number of ketones is 1. The lowest BCUT2D eigenvalue weighted by molar-refractivity contribution is -0.151. The van der Waals surface area contributed by atoms with Crippen LogP contribution in [0.2, 0.25) is 0 Å². The van der Waals surface area contributed by atoms with Crippen molar-refractivity contribution in [2.45, 2.75) is 19.9 Å². The zero-order chi connectivity index (χ0) is 10.0. The second kappa shape index (κ2) is 3.55. The average Bonchev–Trinajstić information content (AvgIpc) is 2.05. The minimum Gasteiger partial charge on any atom is -0.346 e. The van der Waals surface area contributed by atoms with Gasteiger partial charge in [-0.2, -0.15) is 0 Å². The number of nitrogens with zero attached hydrogens (tertiary/aromatic N) is 1. The Balaban J connectivity index is 2.72. The predicted octanol–water partition coefficient (Wildman–Crippen LogP) is -1.08. The van der Waals surface area contributed by atoms with Gasteiger partial charge >= 0.3 is 11.8 Å². The Morgan fingerprint density at radius 1 is 1.62 bits per heavy atom. The molecule has 0 aliphatic carbocycles. The average molecular weight is 184 g/mol. The summed E-state index contributed by atoms with van der Waals surface area (Å²) in [7, 11) is 0. The Morgan fingerprint density at radius 3 is 2.77 bits per heavy atom. The standard InChI is InChI=1S/C8H12N2O3/c1-5-3-9-7(12)8(13)10(5)4-6(2)11/h5H,3-4H2,1-2H3,(H,9,12). The molecule has 0 spiro atoms. The zero-order valence-electron chi connectivity index (χ0n) is 7.66. The van der Waals surface area contributed by atoms with Crippen molar-refractivity contribution in [1.82, 2.24) is 10.2 Å². The van der Waals surface area contributed by atoms with Crippen molar-refractivity contribution in [2.75, 3.05) is 13.1 Å². The fourth-order valence-corrected chi connectivity index (χ4v) is 1.22. The Morgan fingerprint density at radius 2 is 2.23 bits per heavy atom. The van der Waals surface area contributed by atoms with E-state index in [1.54, 1.807) is 6.92 Å². The summed E-state index contributed by atoms with van der Waals surface area (Å²) in [5, 5.41) is 2.44. The fourth-order valence-electron chi connectivity index (χ4n) is 1.22. The van der Waals surface area contributed by atoms with Gasteiger partial charge in [-0.1, -0.05) is 0 Å². The van der Waals surface area contributed by atoms with Gasteiger partial charge in [-0.3, -0.25) is 14.4 Å². The van der Waals surface area contributed by atoms with Crippen molar-refractivity contribution in [3.8, 4) is 0 Å². The summed E-state index contributed by atoms with van der Waals surface area (Å²) in [6, 6.07) is -0.103. The summed E-state index contributed by atoms with van der Waals surface area (Å²) in [5.74, 6) is -1.36. The molecule has 0 bridgehead atoms. The summed E-state index contributed by atoms with van der Waals surface area (Å²) in [6.45, 7) is 3.62. The Kier molecular flexibility index (Phi) is 2.65. The highest BCUT2D eigenvalue weighted by molar-refractivity contribution is 6.35. The highest BCUT2D eigenvalue weighted by Crippen LogP contribution is 2.03. The Bertz CT molecular complexity index is 262. The quantitative estimate of drug-likeness (QED) is 0.555. The second-order valence-electron chi connectivity index (χ2n) is 3.19. The molecule has 0 aromatic carbocycles. The van der Waals surface area contributed by atoms with E-state index >= 15 is 0 Å². The molecule has 13 heavy (non-hydrogen) atoms. The number of carbonyl (C=O) groups excluding carboxylic acids is 3. The molecule has 1 rings (SSSR count). The molecule has 1 aliphatic heterocycles. The lowest BCUT2D eigenvalue weighted by Gasteiger charge is -2.31. The van der Waals surface area contributed by atoms with E-state index in [1.807, 2.05) is 0 Å². The van der Waals surface area contributed by atoms with Crippen LogP contribution in [-0.2, 0) is 14.4 Å². The van der Waals surface area contributed by atoms with E-state index in [9.17, 15) is 14.4 Å². The van der Waals surface area contributed by atoms with Crippen molar-refractivity contribution in [1.29, 1.82) is 0 Å². The minimum atomic E-state index is -0.626. The lowest BCUT2D eigenvalue weighted by Crippen LogP contribution is -2.57. The highest BCUT2D eigenvalue weighted by Gasteiger charge is 2.31. The predicted molar refractivity (Wildman–Crippen MR) is 44.9 cm³/mol. The van der Waals surface area contributed by atoms with Crippen LogP contribution in [0.1, 0.15) is 13.8 Å². The Hall–Kier alpha value is -1.39. The first kappa shape index (κ1) is 9.70. The summed E-state index contributed by atoms with van der Waals surface area (Å²) in [4.78, 5) is 34.2. The molecular formula is C8H12N2O3. The molecule has 1 fully saturated rings. The first-order chi connectivity index (χ1) is 6.02. The first-order valence-corrected chi connectivity index (χ1v) is 4.10. The maximum atomic E-state index is 11.2. The fraction of sp³-hybridized carbons (Fsp3) is 0.625. The first-order valence-electron chi connectivity index (χ1n) is 4.10. The van der Waals surface area contributed by atoms with Gasteiger partial charge in [-0.05, 0) is 13.8 Å². The van der Waals surface area contributed by atoms with Crippen LogP contribution in [0.25, 0.3) is 0 Å². The van der Waals surface area contributed by atoms with E-state index in [0.717, 1.165) is 0 Å². The summed E-state index contributed by atoms with van der Waals surface area (Å²) < 4.78 is 0. The lowest BCUT2D eigenvalue weighted by atomic mass is 10.2. The largest absolute Gasteiger partial charge is 0.346 e. The summed E-state index contributed by atoms with van der Waals surface area (Å²) in [5.41, 5.74) is 0. The smallest absolute Gasteiger partial charge is 0.312 e. The van der Waals surface area contributed by atoms with Crippen molar-refractivity contribution >= 4 is 17.6 Å². The number of nitrogens with one attached hydrogen (secondary N) is 1. The molecule has 5 nitrogen and oxygen atoms in total. The van der Waals surface area contributed by atoms with Gasteiger partial charge in [0.2, 0.25) is 0 Å². The maximum Gasteiger partial charge on any atom is 0.312 e. The van der Waals surface area contributed by atoms with Crippen molar-refractivity contribution in [3.05, 3.63) is 0 Å². The van der Waals surface area contributed by atoms with Crippen LogP contribution < -0.4 is 5.32 Å². The number of rotatable bonds is 2. The summed E-state index contributed by atoms with van der Waals surface area (Å²) >= 11 is 0. The number of hydrogen-bond donors (Lipinski definition) is 1. The minimum absolute atomic E-state index is 0.0212. The molecule has 1 aliphatic rings. The maximum absolute atomic E-state index is 11.2. The molecule has 0 saturated carbocycles. The molecular weight excluding hydrogens is 172 g/mol. The number of Topliss-reactive ketones (excluding diaryl/α,β-unsaturated/α-hetero) is 1. The van der Waals surface area contributed by atoms with Crippen LogP contribution in [0.5, 0.6) is 0 Å². The molecule has 0 aromatic heterocycles. The van der Waals surface area contributed by atoms with Crippen LogP contribution in [0.4, 0.5) is 0 Å². The molecule has 0 radical (unpaired) electrons.